The first-order valence-corrected chi connectivity index (χ1v) is 5.49. The van der Waals surface area contributed by atoms with Crippen molar-refractivity contribution in [1.29, 1.82) is 0 Å². The van der Waals surface area contributed by atoms with Gasteiger partial charge in [0.1, 0.15) is 0 Å². The summed E-state index contributed by atoms with van der Waals surface area (Å²) < 4.78 is 5.39. The molecule has 3 nitrogen and oxygen atoms in total. The Hall–Kier alpha value is -1.29. The van der Waals surface area contributed by atoms with E-state index in [1.165, 1.54) is 5.56 Å². The molecule has 0 amide bonds. The highest BCUT2D eigenvalue weighted by Crippen LogP contribution is 2.18. The van der Waals surface area contributed by atoms with E-state index in [-0.39, 0.29) is 0 Å². The number of hydrogen-bond acceptors (Lipinski definition) is 4. The number of rotatable bonds is 3. The number of benzene rings is 1. The number of aromatic nitrogens is 2. The van der Waals surface area contributed by atoms with Crippen molar-refractivity contribution < 1.29 is 4.42 Å². The molecule has 0 aliphatic rings. The molecule has 78 valence electrons. The molecule has 4 heteroatoms. The molecule has 0 N–H and O–H groups in total. The molecule has 0 unspecified atom stereocenters. The third-order valence-corrected chi connectivity index (χ3v) is 2.48. The molecule has 2 aromatic rings. The maximum atomic E-state index is 5.39. The van der Waals surface area contributed by atoms with Gasteiger partial charge in [0.2, 0.25) is 11.8 Å². The number of thiol groups is 1. The fraction of sp³-hybridized carbons (Fsp3) is 0.273. The number of aryl methyl sites for hydroxylation is 1. The standard InChI is InChI=1S/C11H12N2OS/c1-2-8-3-5-9(6-4-8)11-13-12-10(7-15)14-11/h3-6,15H,2,7H2,1H3. The van der Waals surface area contributed by atoms with Gasteiger partial charge in [0.15, 0.2) is 0 Å². The molecule has 1 aromatic heterocycles. The van der Waals surface area contributed by atoms with Gasteiger partial charge in [0, 0.05) is 5.56 Å². The molecule has 0 aliphatic carbocycles. The molecule has 2 rings (SSSR count). The van der Waals surface area contributed by atoms with E-state index in [4.69, 9.17) is 4.42 Å². The van der Waals surface area contributed by atoms with Crippen LogP contribution in [0.5, 0.6) is 0 Å². The van der Waals surface area contributed by atoms with E-state index in [9.17, 15) is 0 Å². The average molecular weight is 220 g/mol. The summed E-state index contributed by atoms with van der Waals surface area (Å²) >= 11 is 4.07. The Morgan fingerprint density at radius 1 is 1.20 bits per heavy atom. The van der Waals surface area contributed by atoms with Crippen molar-refractivity contribution in [2.24, 2.45) is 0 Å². The van der Waals surface area contributed by atoms with Crippen LogP contribution >= 0.6 is 12.6 Å². The van der Waals surface area contributed by atoms with Crippen molar-refractivity contribution in [1.82, 2.24) is 10.2 Å². The van der Waals surface area contributed by atoms with Gasteiger partial charge in [-0.05, 0) is 24.1 Å². The third-order valence-electron chi connectivity index (χ3n) is 2.21. The van der Waals surface area contributed by atoms with Crippen LogP contribution in [-0.2, 0) is 12.2 Å². The zero-order valence-corrected chi connectivity index (χ0v) is 9.37. The van der Waals surface area contributed by atoms with Crippen molar-refractivity contribution in [2.75, 3.05) is 0 Å². The van der Waals surface area contributed by atoms with Gasteiger partial charge in [-0.2, -0.15) is 12.6 Å². The summed E-state index contributed by atoms with van der Waals surface area (Å²) in [5.41, 5.74) is 2.25. The predicted octanol–water partition coefficient (Wildman–Crippen LogP) is 2.73. The van der Waals surface area contributed by atoms with E-state index in [1.54, 1.807) is 0 Å². The minimum atomic E-state index is 0.472. The van der Waals surface area contributed by atoms with Gasteiger partial charge in [-0.1, -0.05) is 19.1 Å². The third kappa shape index (κ3) is 2.21. The first kappa shape index (κ1) is 10.2. The van der Waals surface area contributed by atoms with E-state index >= 15 is 0 Å². The second kappa shape index (κ2) is 4.49. The van der Waals surface area contributed by atoms with E-state index in [0.29, 0.717) is 17.5 Å². The SMILES string of the molecule is CCc1ccc(-c2nnc(CS)o2)cc1. The molecule has 0 saturated heterocycles. The smallest absolute Gasteiger partial charge is 0.247 e. The van der Waals surface area contributed by atoms with Crippen molar-refractivity contribution in [3.05, 3.63) is 35.7 Å². The molecule has 0 fully saturated rings. The lowest BCUT2D eigenvalue weighted by atomic mass is 10.1. The molecule has 0 spiro atoms. The molecule has 0 aliphatic heterocycles. The minimum Gasteiger partial charge on any atom is -0.420 e. The Labute approximate surface area is 93.9 Å². The van der Waals surface area contributed by atoms with E-state index < -0.39 is 0 Å². The Morgan fingerprint density at radius 3 is 2.47 bits per heavy atom. The zero-order valence-electron chi connectivity index (χ0n) is 8.47. The molecule has 1 aromatic carbocycles. The molecule has 0 atom stereocenters. The zero-order chi connectivity index (χ0) is 10.7. The molecular weight excluding hydrogens is 208 g/mol. The van der Waals surface area contributed by atoms with Crippen LogP contribution in [0.1, 0.15) is 18.4 Å². The van der Waals surface area contributed by atoms with Crippen molar-refractivity contribution >= 4 is 12.6 Å². The van der Waals surface area contributed by atoms with Crippen LogP contribution in [0.2, 0.25) is 0 Å². The molecule has 0 saturated carbocycles. The lowest BCUT2D eigenvalue weighted by Crippen LogP contribution is -1.81. The normalized spacial score (nSPS) is 10.5. The quantitative estimate of drug-likeness (QED) is 0.808. The first-order valence-electron chi connectivity index (χ1n) is 4.86. The van der Waals surface area contributed by atoms with Gasteiger partial charge in [-0.3, -0.25) is 0 Å². The van der Waals surface area contributed by atoms with Gasteiger partial charge in [0.05, 0.1) is 5.75 Å². The van der Waals surface area contributed by atoms with E-state index in [2.05, 4.69) is 41.9 Å². The Balaban J connectivity index is 2.28. The maximum absolute atomic E-state index is 5.39. The van der Waals surface area contributed by atoms with Crippen LogP contribution < -0.4 is 0 Å². The topological polar surface area (TPSA) is 38.9 Å². The summed E-state index contributed by atoms with van der Waals surface area (Å²) in [7, 11) is 0. The van der Waals surface area contributed by atoms with Crippen molar-refractivity contribution in [3.63, 3.8) is 0 Å². The second-order valence-corrected chi connectivity index (χ2v) is 3.53. The maximum Gasteiger partial charge on any atom is 0.247 e. The summed E-state index contributed by atoms with van der Waals surface area (Å²) in [5.74, 6) is 1.58. The minimum absolute atomic E-state index is 0.472. The number of hydrogen-bond donors (Lipinski definition) is 1. The highest BCUT2D eigenvalue weighted by molar-refractivity contribution is 7.79. The van der Waals surface area contributed by atoms with Gasteiger partial charge in [-0.15, -0.1) is 10.2 Å². The molecule has 15 heavy (non-hydrogen) atoms. The van der Waals surface area contributed by atoms with Crippen LogP contribution in [-0.4, -0.2) is 10.2 Å². The average Bonchev–Trinajstić information content (AvgIpc) is 2.78. The fourth-order valence-electron chi connectivity index (χ4n) is 1.32. The van der Waals surface area contributed by atoms with Crippen LogP contribution in [0, 0.1) is 0 Å². The van der Waals surface area contributed by atoms with Crippen molar-refractivity contribution in [2.45, 2.75) is 19.1 Å². The van der Waals surface area contributed by atoms with Gasteiger partial charge in [0.25, 0.3) is 0 Å². The highest BCUT2D eigenvalue weighted by atomic mass is 32.1. The molecule has 0 radical (unpaired) electrons. The highest BCUT2D eigenvalue weighted by Gasteiger charge is 2.06. The fourth-order valence-corrected chi connectivity index (χ4v) is 1.44. The summed E-state index contributed by atoms with van der Waals surface area (Å²) in [6.45, 7) is 2.13. The van der Waals surface area contributed by atoms with Crippen molar-refractivity contribution in [3.8, 4) is 11.5 Å². The van der Waals surface area contributed by atoms with Crippen LogP contribution in [0.25, 0.3) is 11.5 Å². The predicted molar refractivity (Wildman–Crippen MR) is 61.8 cm³/mol. The Bertz CT molecular complexity index is 436. The van der Waals surface area contributed by atoms with Crippen LogP contribution in [0.3, 0.4) is 0 Å². The molecule has 1 heterocycles. The monoisotopic (exact) mass is 220 g/mol. The second-order valence-electron chi connectivity index (χ2n) is 3.21. The lowest BCUT2D eigenvalue weighted by molar-refractivity contribution is 0.529. The van der Waals surface area contributed by atoms with Gasteiger partial charge in [-0.25, -0.2) is 0 Å². The number of nitrogens with zero attached hydrogens (tertiary/aromatic N) is 2. The van der Waals surface area contributed by atoms with Gasteiger partial charge >= 0.3 is 0 Å². The molecule has 0 bridgehead atoms. The largest absolute Gasteiger partial charge is 0.420 e. The summed E-state index contributed by atoms with van der Waals surface area (Å²) in [6.07, 6.45) is 1.03. The Morgan fingerprint density at radius 2 is 1.93 bits per heavy atom. The molecular formula is C11H12N2OS. The van der Waals surface area contributed by atoms with E-state index in [0.717, 1.165) is 12.0 Å². The Kier molecular flexibility index (Phi) is 3.06. The lowest BCUT2D eigenvalue weighted by Gasteiger charge is -1.97. The summed E-state index contributed by atoms with van der Waals surface area (Å²) in [4.78, 5) is 0. The first-order chi connectivity index (χ1) is 7.33. The van der Waals surface area contributed by atoms with E-state index in [1.807, 2.05) is 12.1 Å². The van der Waals surface area contributed by atoms with Gasteiger partial charge < -0.3 is 4.42 Å². The van der Waals surface area contributed by atoms with Crippen LogP contribution in [0.4, 0.5) is 0 Å². The summed E-state index contributed by atoms with van der Waals surface area (Å²) in [5, 5.41) is 7.81. The van der Waals surface area contributed by atoms with Crippen LogP contribution in [0.15, 0.2) is 28.7 Å². The summed E-state index contributed by atoms with van der Waals surface area (Å²) in [6, 6.07) is 8.13.